The molecule has 1 aliphatic rings. The van der Waals surface area contributed by atoms with E-state index >= 15 is 0 Å². The quantitative estimate of drug-likeness (QED) is 0.547. The second-order valence-corrected chi connectivity index (χ2v) is 4.75. The summed E-state index contributed by atoms with van der Waals surface area (Å²) in [5.41, 5.74) is 3.55. The van der Waals surface area contributed by atoms with Gasteiger partial charge in [0.25, 0.3) is 0 Å². The predicted octanol–water partition coefficient (Wildman–Crippen LogP) is 0.985. The Morgan fingerprint density at radius 2 is 2.16 bits per heavy atom. The molecule has 1 fully saturated rings. The number of hydrogen-bond donors (Lipinski definition) is 3. The van der Waals surface area contributed by atoms with Gasteiger partial charge in [0.05, 0.1) is 12.2 Å². The molecule has 0 saturated heterocycles. The van der Waals surface area contributed by atoms with Gasteiger partial charge in [-0.25, -0.2) is 15.8 Å². The Balaban J connectivity index is 1.74. The maximum Gasteiger partial charge on any atom is 0.145 e. The molecule has 19 heavy (non-hydrogen) atoms. The van der Waals surface area contributed by atoms with Crippen LogP contribution >= 0.6 is 0 Å². The van der Waals surface area contributed by atoms with Crippen molar-refractivity contribution in [2.45, 2.75) is 25.3 Å². The van der Waals surface area contributed by atoms with Crippen LogP contribution in [0.5, 0.6) is 0 Å². The number of nitrogen functional groups attached to an aromatic ring is 1. The molecule has 100 valence electrons. The number of nitrogens with zero attached hydrogens (tertiary/aromatic N) is 4. The molecule has 0 unspecified atom stereocenters. The fourth-order valence-corrected chi connectivity index (χ4v) is 1.89. The predicted molar refractivity (Wildman–Crippen MR) is 72.4 cm³/mol. The molecule has 2 aromatic heterocycles. The van der Waals surface area contributed by atoms with Gasteiger partial charge in [0.1, 0.15) is 17.5 Å². The molecule has 4 N–H and O–H groups in total. The fourth-order valence-electron chi connectivity index (χ4n) is 1.89. The molecule has 0 atom stereocenters. The third-order valence-corrected chi connectivity index (χ3v) is 3.05. The summed E-state index contributed by atoms with van der Waals surface area (Å²) in [5.74, 6) is 8.20. The normalized spacial score (nSPS) is 14.4. The Labute approximate surface area is 111 Å². The molecule has 0 radical (unpaired) electrons. The van der Waals surface area contributed by atoms with E-state index in [1.807, 2.05) is 19.3 Å². The van der Waals surface area contributed by atoms with Gasteiger partial charge in [0.15, 0.2) is 0 Å². The highest BCUT2D eigenvalue weighted by atomic mass is 15.3. The van der Waals surface area contributed by atoms with Crippen molar-refractivity contribution in [3.63, 3.8) is 0 Å². The monoisotopic (exact) mass is 259 g/mol. The third kappa shape index (κ3) is 2.82. The largest absolute Gasteiger partial charge is 0.364 e. The van der Waals surface area contributed by atoms with E-state index in [0.717, 1.165) is 30.2 Å². The van der Waals surface area contributed by atoms with Crippen LogP contribution in [0.3, 0.4) is 0 Å². The van der Waals surface area contributed by atoms with Crippen LogP contribution in [0, 0.1) is 0 Å². The minimum Gasteiger partial charge on any atom is -0.364 e. The number of nitrogens with two attached hydrogens (primary N) is 1. The van der Waals surface area contributed by atoms with Crippen molar-refractivity contribution in [1.29, 1.82) is 0 Å². The van der Waals surface area contributed by atoms with Crippen LogP contribution in [-0.2, 0) is 13.6 Å². The molecule has 1 aliphatic carbocycles. The molecule has 0 bridgehead atoms. The van der Waals surface area contributed by atoms with Gasteiger partial charge in [-0.05, 0) is 18.9 Å². The summed E-state index contributed by atoms with van der Waals surface area (Å²) in [5, 5.41) is 7.56. The van der Waals surface area contributed by atoms with Gasteiger partial charge in [0, 0.05) is 25.2 Å². The summed E-state index contributed by atoms with van der Waals surface area (Å²) in [6.07, 6.45) is 4.24. The minimum absolute atomic E-state index is 0.490. The zero-order valence-corrected chi connectivity index (χ0v) is 10.8. The van der Waals surface area contributed by atoms with Crippen LogP contribution in [0.25, 0.3) is 0 Å². The van der Waals surface area contributed by atoms with Crippen molar-refractivity contribution in [3.8, 4) is 0 Å². The van der Waals surface area contributed by atoms with E-state index < -0.39 is 0 Å². The van der Waals surface area contributed by atoms with E-state index in [2.05, 4.69) is 25.8 Å². The third-order valence-electron chi connectivity index (χ3n) is 3.05. The van der Waals surface area contributed by atoms with Crippen LogP contribution in [-0.4, -0.2) is 19.7 Å². The number of nitrogens with one attached hydrogen (secondary N) is 2. The van der Waals surface area contributed by atoms with Crippen molar-refractivity contribution in [2.24, 2.45) is 12.9 Å². The first-order valence-corrected chi connectivity index (χ1v) is 6.32. The van der Waals surface area contributed by atoms with E-state index in [1.54, 1.807) is 10.7 Å². The minimum atomic E-state index is 0.490. The van der Waals surface area contributed by atoms with E-state index in [-0.39, 0.29) is 0 Å². The SMILES string of the molecule is Cn1ccc(CNc2cc(NN)nc(C3CC3)n2)n1. The van der Waals surface area contributed by atoms with E-state index in [4.69, 9.17) is 5.84 Å². The zero-order valence-electron chi connectivity index (χ0n) is 10.8. The molecule has 3 rings (SSSR count). The Hall–Kier alpha value is -2.15. The number of aryl methyl sites for hydroxylation is 1. The molecule has 2 aromatic rings. The number of hydrogen-bond acceptors (Lipinski definition) is 6. The van der Waals surface area contributed by atoms with E-state index in [9.17, 15) is 0 Å². The summed E-state index contributed by atoms with van der Waals surface area (Å²) in [6.45, 7) is 0.631. The van der Waals surface area contributed by atoms with Crippen molar-refractivity contribution in [2.75, 3.05) is 10.7 Å². The first-order chi connectivity index (χ1) is 9.24. The Bertz CT molecular complexity index is 573. The molecular formula is C12H17N7. The summed E-state index contributed by atoms with van der Waals surface area (Å²) < 4.78 is 1.78. The Kier molecular flexibility index (Phi) is 3.04. The van der Waals surface area contributed by atoms with Crippen molar-refractivity contribution >= 4 is 11.6 Å². The number of aromatic nitrogens is 4. The number of anilines is 2. The second kappa shape index (κ2) is 4.85. The molecule has 7 nitrogen and oxygen atoms in total. The molecular weight excluding hydrogens is 242 g/mol. The molecule has 0 aromatic carbocycles. The van der Waals surface area contributed by atoms with Crippen LogP contribution in [0.4, 0.5) is 11.6 Å². The molecule has 0 amide bonds. The molecule has 0 aliphatic heterocycles. The summed E-state index contributed by atoms with van der Waals surface area (Å²) in [6, 6.07) is 3.77. The van der Waals surface area contributed by atoms with Gasteiger partial charge < -0.3 is 10.7 Å². The van der Waals surface area contributed by atoms with Crippen LogP contribution in [0.1, 0.15) is 30.3 Å². The Morgan fingerprint density at radius 1 is 1.37 bits per heavy atom. The first kappa shape index (κ1) is 11.9. The van der Waals surface area contributed by atoms with Gasteiger partial charge >= 0.3 is 0 Å². The lowest BCUT2D eigenvalue weighted by molar-refractivity contribution is 0.746. The van der Waals surface area contributed by atoms with Gasteiger partial charge in [-0.3, -0.25) is 4.68 Å². The maximum absolute atomic E-state index is 5.44. The lowest BCUT2D eigenvalue weighted by atomic mass is 10.3. The fraction of sp³-hybridized carbons (Fsp3) is 0.417. The van der Waals surface area contributed by atoms with Gasteiger partial charge in [0.2, 0.25) is 0 Å². The van der Waals surface area contributed by atoms with Crippen molar-refractivity contribution < 1.29 is 0 Å². The molecule has 7 heteroatoms. The van der Waals surface area contributed by atoms with Crippen molar-refractivity contribution in [3.05, 3.63) is 29.8 Å². The Morgan fingerprint density at radius 3 is 2.79 bits per heavy atom. The lowest BCUT2D eigenvalue weighted by Gasteiger charge is -2.08. The molecule has 2 heterocycles. The van der Waals surface area contributed by atoms with Crippen LogP contribution < -0.4 is 16.6 Å². The van der Waals surface area contributed by atoms with E-state index in [0.29, 0.717) is 18.3 Å². The smallest absolute Gasteiger partial charge is 0.145 e. The highest BCUT2D eigenvalue weighted by Gasteiger charge is 2.27. The summed E-state index contributed by atoms with van der Waals surface area (Å²) in [4.78, 5) is 8.88. The molecule has 1 saturated carbocycles. The highest BCUT2D eigenvalue weighted by Crippen LogP contribution is 2.38. The topological polar surface area (TPSA) is 93.7 Å². The lowest BCUT2D eigenvalue weighted by Crippen LogP contribution is -2.12. The molecule has 0 spiro atoms. The number of rotatable bonds is 5. The zero-order chi connectivity index (χ0) is 13.2. The second-order valence-electron chi connectivity index (χ2n) is 4.75. The van der Waals surface area contributed by atoms with E-state index in [1.165, 1.54) is 0 Å². The highest BCUT2D eigenvalue weighted by molar-refractivity contribution is 5.47. The van der Waals surface area contributed by atoms with Gasteiger partial charge in [-0.2, -0.15) is 5.10 Å². The first-order valence-electron chi connectivity index (χ1n) is 6.32. The maximum atomic E-state index is 5.44. The van der Waals surface area contributed by atoms with Gasteiger partial charge in [-0.15, -0.1) is 0 Å². The summed E-state index contributed by atoms with van der Waals surface area (Å²) in [7, 11) is 1.90. The number of hydrazine groups is 1. The van der Waals surface area contributed by atoms with Gasteiger partial charge in [-0.1, -0.05) is 0 Å². The average Bonchev–Trinajstić information content (AvgIpc) is 3.19. The van der Waals surface area contributed by atoms with Crippen molar-refractivity contribution in [1.82, 2.24) is 19.7 Å². The standard InChI is InChI=1S/C12H17N7/c1-19-5-4-9(18-19)7-14-10-6-11(17-13)16-12(15-10)8-2-3-8/h4-6,8H,2-3,7,13H2,1H3,(H2,14,15,16,17). The summed E-state index contributed by atoms with van der Waals surface area (Å²) >= 11 is 0. The van der Waals surface area contributed by atoms with Crippen LogP contribution in [0.15, 0.2) is 18.3 Å². The average molecular weight is 259 g/mol. The van der Waals surface area contributed by atoms with Crippen LogP contribution in [0.2, 0.25) is 0 Å².